The van der Waals surface area contributed by atoms with E-state index in [1.54, 1.807) is 6.07 Å². The standard InChI is InChI=1S/C16H17F2N3O/c1-10-20-15(12-4-5-22-9-12)7-16(21-10)19-8-11-2-3-13(17)14(18)6-11/h2-3,6-7,12H,4-5,8-9H2,1H3,(H,19,20,21). The van der Waals surface area contributed by atoms with Crippen LogP contribution < -0.4 is 5.32 Å². The molecule has 1 aliphatic rings. The molecule has 0 amide bonds. The maximum Gasteiger partial charge on any atom is 0.159 e. The van der Waals surface area contributed by atoms with Crippen LogP contribution in [0.4, 0.5) is 14.6 Å². The van der Waals surface area contributed by atoms with Crippen LogP contribution in [-0.2, 0) is 11.3 Å². The maximum absolute atomic E-state index is 13.2. The fourth-order valence-corrected chi connectivity index (χ4v) is 2.50. The first-order valence-electron chi connectivity index (χ1n) is 7.23. The van der Waals surface area contributed by atoms with Gasteiger partial charge in [-0.15, -0.1) is 0 Å². The van der Waals surface area contributed by atoms with E-state index in [0.29, 0.717) is 36.3 Å². The van der Waals surface area contributed by atoms with Gasteiger partial charge in [-0.1, -0.05) is 6.07 Å². The zero-order valence-corrected chi connectivity index (χ0v) is 12.3. The molecule has 4 nitrogen and oxygen atoms in total. The topological polar surface area (TPSA) is 47.0 Å². The normalized spacial score (nSPS) is 17.7. The van der Waals surface area contributed by atoms with Crippen LogP contribution in [-0.4, -0.2) is 23.2 Å². The third kappa shape index (κ3) is 3.39. The van der Waals surface area contributed by atoms with Crippen molar-refractivity contribution in [2.75, 3.05) is 18.5 Å². The van der Waals surface area contributed by atoms with Crippen molar-refractivity contribution in [3.05, 3.63) is 53.0 Å². The van der Waals surface area contributed by atoms with E-state index < -0.39 is 11.6 Å². The molecule has 0 radical (unpaired) electrons. The van der Waals surface area contributed by atoms with Crippen molar-refractivity contribution in [1.29, 1.82) is 0 Å². The van der Waals surface area contributed by atoms with E-state index in [1.165, 1.54) is 6.07 Å². The maximum atomic E-state index is 13.2. The second-order valence-corrected chi connectivity index (χ2v) is 5.39. The second kappa shape index (κ2) is 6.36. The Morgan fingerprint density at radius 2 is 2.09 bits per heavy atom. The molecule has 3 rings (SSSR count). The molecule has 1 N–H and O–H groups in total. The van der Waals surface area contributed by atoms with Crippen LogP contribution in [0.25, 0.3) is 0 Å². The summed E-state index contributed by atoms with van der Waals surface area (Å²) in [4.78, 5) is 8.79. The van der Waals surface area contributed by atoms with Crippen LogP contribution in [0.1, 0.15) is 29.4 Å². The number of rotatable bonds is 4. The van der Waals surface area contributed by atoms with Gasteiger partial charge in [-0.2, -0.15) is 0 Å². The van der Waals surface area contributed by atoms with Crippen LogP contribution in [0, 0.1) is 18.6 Å². The predicted octanol–water partition coefficient (Wildman–Crippen LogP) is 3.18. The molecule has 0 aliphatic carbocycles. The van der Waals surface area contributed by atoms with Crippen LogP contribution in [0.2, 0.25) is 0 Å². The van der Waals surface area contributed by atoms with Crippen molar-refractivity contribution >= 4 is 5.82 Å². The quantitative estimate of drug-likeness (QED) is 0.942. The monoisotopic (exact) mass is 305 g/mol. The fourth-order valence-electron chi connectivity index (χ4n) is 2.50. The van der Waals surface area contributed by atoms with E-state index in [9.17, 15) is 8.78 Å². The molecule has 1 aromatic heterocycles. The van der Waals surface area contributed by atoms with Crippen LogP contribution >= 0.6 is 0 Å². The minimum atomic E-state index is -0.845. The van der Waals surface area contributed by atoms with Gasteiger partial charge in [-0.05, 0) is 31.0 Å². The lowest BCUT2D eigenvalue weighted by Crippen LogP contribution is -2.08. The molecule has 2 heterocycles. The Labute approximate surface area is 127 Å². The fraction of sp³-hybridized carbons (Fsp3) is 0.375. The second-order valence-electron chi connectivity index (χ2n) is 5.39. The first-order chi connectivity index (χ1) is 10.6. The van der Waals surface area contributed by atoms with E-state index in [1.807, 2.05) is 13.0 Å². The summed E-state index contributed by atoms with van der Waals surface area (Å²) in [5.41, 5.74) is 1.61. The summed E-state index contributed by atoms with van der Waals surface area (Å²) in [5, 5.41) is 3.13. The van der Waals surface area contributed by atoms with E-state index in [0.717, 1.165) is 24.8 Å². The minimum absolute atomic E-state index is 0.297. The van der Waals surface area contributed by atoms with Gasteiger partial charge >= 0.3 is 0 Å². The average molecular weight is 305 g/mol. The molecular formula is C16H17F2N3O. The zero-order chi connectivity index (χ0) is 15.5. The third-order valence-corrected chi connectivity index (χ3v) is 3.66. The molecule has 1 saturated heterocycles. The SMILES string of the molecule is Cc1nc(NCc2ccc(F)c(F)c2)cc(C2CCOC2)n1. The first-order valence-corrected chi connectivity index (χ1v) is 7.23. The number of ether oxygens (including phenoxy) is 1. The summed E-state index contributed by atoms with van der Waals surface area (Å²) >= 11 is 0. The van der Waals surface area contributed by atoms with Gasteiger partial charge in [0.25, 0.3) is 0 Å². The summed E-state index contributed by atoms with van der Waals surface area (Å²) < 4.78 is 31.5. The van der Waals surface area contributed by atoms with Crippen molar-refractivity contribution in [1.82, 2.24) is 9.97 Å². The Kier molecular flexibility index (Phi) is 4.29. The molecule has 6 heteroatoms. The van der Waals surface area contributed by atoms with Gasteiger partial charge in [-0.25, -0.2) is 18.7 Å². The molecule has 1 aromatic carbocycles. The lowest BCUT2D eigenvalue weighted by molar-refractivity contribution is 0.193. The molecule has 1 atom stereocenters. The molecule has 22 heavy (non-hydrogen) atoms. The zero-order valence-electron chi connectivity index (χ0n) is 12.3. The van der Waals surface area contributed by atoms with Crippen LogP contribution in [0.5, 0.6) is 0 Å². The lowest BCUT2D eigenvalue weighted by Gasteiger charge is -2.12. The van der Waals surface area contributed by atoms with Gasteiger partial charge < -0.3 is 10.1 Å². The van der Waals surface area contributed by atoms with Gasteiger partial charge in [0, 0.05) is 25.1 Å². The summed E-state index contributed by atoms with van der Waals surface area (Å²) in [6.07, 6.45) is 0.957. The number of anilines is 1. The van der Waals surface area contributed by atoms with Gasteiger partial charge in [0.2, 0.25) is 0 Å². The number of aryl methyl sites for hydroxylation is 1. The summed E-state index contributed by atoms with van der Waals surface area (Å²) in [7, 11) is 0. The number of benzene rings is 1. The number of hydrogen-bond donors (Lipinski definition) is 1. The molecular weight excluding hydrogens is 288 g/mol. The van der Waals surface area contributed by atoms with Crippen LogP contribution in [0.15, 0.2) is 24.3 Å². The molecule has 1 fully saturated rings. The van der Waals surface area contributed by atoms with Gasteiger partial charge in [-0.3, -0.25) is 0 Å². The number of halogens is 2. The molecule has 0 bridgehead atoms. The Bertz CT molecular complexity index is 672. The van der Waals surface area contributed by atoms with Crippen LogP contribution in [0.3, 0.4) is 0 Å². The highest BCUT2D eigenvalue weighted by molar-refractivity contribution is 5.38. The Hall–Kier alpha value is -2.08. The van der Waals surface area contributed by atoms with E-state index >= 15 is 0 Å². The highest BCUT2D eigenvalue weighted by Gasteiger charge is 2.20. The predicted molar refractivity (Wildman–Crippen MR) is 78.6 cm³/mol. The van der Waals surface area contributed by atoms with Crippen molar-refractivity contribution in [3.63, 3.8) is 0 Å². The van der Waals surface area contributed by atoms with Crippen molar-refractivity contribution in [2.24, 2.45) is 0 Å². The molecule has 1 aliphatic heterocycles. The Morgan fingerprint density at radius 3 is 2.82 bits per heavy atom. The van der Waals surface area contributed by atoms with E-state index in [2.05, 4.69) is 15.3 Å². The number of nitrogens with one attached hydrogen (secondary N) is 1. The molecule has 2 aromatic rings. The highest BCUT2D eigenvalue weighted by atomic mass is 19.2. The highest BCUT2D eigenvalue weighted by Crippen LogP contribution is 2.25. The molecule has 1 unspecified atom stereocenters. The largest absolute Gasteiger partial charge is 0.381 e. The first kappa shape index (κ1) is 14.8. The number of aromatic nitrogens is 2. The Balaban J connectivity index is 1.72. The third-order valence-electron chi connectivity index (χ3n) is 3.66. The average Bonchev–Trinajstić information content (AvgIpc) is 3.02. The van der Waals surface area contributed by atoms with Gasteiger partial charge in [0.15, 0.2) is 11.6 Å². The number of hydrogen-bond acceptors (Lipinski definition) is 4. The molecule has 0 spiro atoms. The van der Waals surface area contributed by atoms with Gasteiger partial charge in [0.1, 0.15) is 11.6 Å². The smallest absolute Gasteiger partial charge is 0.159 e. The molecule has 0 saturated carbocycles. The Morgan fingerprint density at radius 1 is 1.23 bits per heavy atom. The number of nitrogens with zero attached hydrogens (tertiary/aromatic N) is 2. The van der Waals surface area contributed by atoms with Crippen molar-refractivity contribution in [2.45, 2.75) is 25.8 Å². The summed E-state index contributed by atoms with van der Waals surface area (Å²) in [5.74, 6) is -0.0334. The van der Waals surface area contributed by atoms with E-state index in [4.69, 9.17) is 4.74 Å². The van der Waals surface area contributed by atoms with Crippen molar-refractivity contribution < 1.29 is 13.5 Å². The van der Waals surface area contributed by atoms with Crippen molar-refractivity contribution in [3.8, 4) is 0 Å². The lowest BCUT2D eigenvalue weighted by atomic mass is 10.0. The molecule has 116 valence electrons. The summed E-state index contributed by atoms with van der Waals surface area (Å²) in [6.45, 7) is 3.64. The van der Waals surface area contributed by atoms with E-state index in [-0.39, 0.29) is 0 Å². The summed E-state index contributed by atoms with van der Waals surface area (Å²) in [6, 6.07) is 5.75. The van der Waals surface area contributed by atoms with Gasteiger partial charge in [0.05, 0.1) is 12.3 Å². The minimum Gasteiger partial charge on any atom is -0.381 e.